The maximum Gasteiger partial charge on any atom is 0.0477 e. The molecule has 0 bridgehead atoms. The van der Waals surface area contributed by atoms with Crippen LogP contribution in [0.15, 0.2) is 0 Å². The minimum atomic E-state index is 0.834. The van der Waals surface area contributed by atoms with Crippen LogP contribution in [-0.4, -0.2) is 39.4 Å². The Labute approximate surface area is 88.6 Å². The number of hydrogen-bond donors (Lipinski definition) is 2. The van der Waals surface area contributed by atoms with Gasteiger partial charge in [0, 0.05) is 13.2 Å². The largest absolute Gasteiger partial charge is 0.382 e. The third kappa shape index (κ3) is 11.9. The highest BCUT2D eigenvalue weighted by molar-refractivity contribution is 4.51. The van der Waals surface area contributed by atoms with Gasteiger partial charge in [0.1, 0.15) is 0 Å². The smallest absolute Gasteiger partial charge is 0.0477 e. The summed E-state index contributed by atoms with van der Waals surface area (Å²) in [4.78, 5) is 0. The summed E-state index contributed by atoms with van der Waals surface area (Å²) in [5.41, 5.74) is 0. The lowest BCUT2D eigenvalue weighted by Gasteiger charge is -2.05. The summed E-state index contributed by atoms with van der Waals surface area (Å²) in [6.45, 7) is 10.4. The number of ether oxygens (including phenoxy) is 1. The molecule has 3 nitrogen and oxygen atoms in total. The van der Waals surface area contributed by atoms with Crippen LogP contribution in [0.25, 0.3) is 0 Å². The normalized spacial score (nSPS) is 10.7. The molecule has 14 heavy (non-hydrogen) atoms. The van der Waals surface area contributed by atoms with Gasteiger partial charge in [-0.05, 0) is 52.4 Å². The van der Waals surface area contributed by atoms with Crippen molar-refractivity contribution in [3.05, 3.63) is 0 Å². The van der Waals surface area contributed by atoms with Crippen LogP contribution in [0.4, 0.5) is 0 Å². The molecule has 0 atom stereocenters. The molecule has 0 amide bonds. The Morgan fingerprint density at radius 2 is 1.50 bits per heavy atom. The van der Waals surface area contributed by atoms with Gasteiger partial charge in [0.05, 0.1) is 0 Å². The Balaban J connectivity index is 2.78. The van der Waals surface area contributed by atoms with Crippen LogP contribution >= 0.6 is 0 Å². The predicted octanol–water partition coefficient (Wildman–Crippen LogP) is 1.39. The average Bonchev–Trinajstić information content (AvgIpc) is 2.21. The van der Waals surface area contributed by atoms with Crippen molar-refractivity contribution in [2.45, 2.75) is 33.1 Å². The van der Waals surface area contributed by atoms with Crippen LogP contribution in [0, 0.1) is 0 Å². The highest BCUT2D eigenvalue weighted by Crippen LogP contribution is 1.81. The summed E-state index contributed by atoms with van der Waals surface area (Å²) in [6.07, 6.45) is 3.56. The molecule has 0 heterocycles. The fourth-order valence-corrected chi connectivity index (χ4v) is 1.21. The Kier molecular flexibility index (Phi) is 12.8. The van der Waals surface area contributed by atoms with Crippen molar-refractivity contribution in [1.29, 1.82) is 0 Å². The maximum absolute atomic E-state index is 5.24. The SMILES string of the molecule is CCCNCCCNCCCOCC. The number of nitrogens with one attached hydrogen (secondary N) is 2. The molecule has 0 aliphatic rings. The second kappa shape index (κ2) is 12.9. The van der Waals surface area contributed by atoms with Gasteiger partial charge in [-0.25, -0.2) is 0 Å². The lowest BCUT2D eigenvalue weighted by molar-refractivity contribution is 0.145. The van der Waals surface area contributed by atoms with E-state index in [1.54, 1.807) is 0 Å². The molecule has 86 valence electrons. The number of rotatable bonds is 11. The molecule has 0 rings (SSSR count). The zero-order valence-electron chi connectivity index (χ0n) is 9.77. The van der Waals surface area contributed by atoms with Gasteiger partial charge in [0.25, 0.3) is 0 Å². The minimum absolute atomic E-state index is 0.834. The average molecular weight is 202 g/mol. The summed E-state index contributed by atoms with van der Waals surface area (Å²) in [5.74, 6) is 0. The molecule has 0 fully saturated rings. The molecule has 0 aromatic carbocycles. The standard InChI is InChI=1S/C11H26N2O/c1-3-7-12-8-5-9-13-10-6-11-14-4-2/h12-13H,3-11H2,1-2H3. The van der Waals surface area contributed by atoms with E-state index < -0.39 is 0 Å². The summed E-state index contributed by atoms with van der Waals surface area (Å²) in [5, 5.41) is 6.78. The first-order valence-corrected chi connectivity index (χ1v) is 5.91. The van der Waals surface area contributed by atoms with E-state index in [9.17, 15) is 0 Å². The topological polar surface area (TPSA) is 33.3 Å². The maximum atomic E-state index is 5.24. The Morgan fingerprint density at radius 3 is 2.14 bits per heavy atom. The molecule has 0 saturated carbocycles. The summed E-state index contributed by atoms with van der Waals surface area (Å²) in [7, 11) is 0. The lowest BCUT2D eigenvalue weighted by Crippen LogP contribution is -2.23. The second-order valence-corrected chi connectivity index (χ2v) is 3.40. The van der Waals surface area contributed by atoms with Crippen molar-refractivity contribution in [3.8, 4) is 0 Å². The van der Waals surface area contributed by atoms with Gasteiger partial charge in [-0.15, -0.1) is 0 Å². The first-order chi connectivity index (χ1) is 6.91. The lowest BCUT2D eigenvalue weighted by atomic mass is 10.3. The Hall–Kier alpha value is -0.120. The van der Waals surface area contributed by atoms with Crippen LogP contribution in [0.5, 0.6) is 0 Å². The third-order valence-corrected chi connectivity index (χ3v) is 1.98. The first-order valence-electron chi connectivity index (χ1n) is 5.91. The molecule has 0 unspecified atom stereocenters. The van der Waals surface area contributed by atoms with Gasteiger partial charge in [0.2, 0.25) is 0 Å². The van der Waals surface area contributed by atoms with Gasteiger partial charge in [-0.3, -0.25) is 0 Å². The van der Waals surface area contributed by atoms with Gasteiger partial charge in [-0.2, -0.15) is 0 Å². The molecule has 0 aliphatic carbocycles. The van der Waals surface area contributed by atoms with Gasteiger partial charge >= 0.3 is 0 Å². The van der Waals surface area contributed by atoms with E-state index >= 15 is 0 Å². The zero-order valence-corrected chi connectivity index (χ0v) is 9.77. The zero-order chi connectivity index (χ0) is 10.5. The Morgan fingerprint density at radius 1 is 0.857 bits per heavy atom. The van der Waals surface area contributed by atoms with Crippen molar-refractivity contribution >= 4 is 0 Å². The summed E-state index contributed by atoms with van der Waals surface area (Å²) >= 11 is 0. The van der Waals surface area contributed by atoms with Crippen molar-refractivity contribution in [1.82, 2.24) is 10.6 Å². The monoisotopic (exact) mass is 202 g/mol. The van der Waals surface area contributed by atoms with E-state index in [0.717, 1.165) is 45.8 Å². The van der Waals surface area contributed by atoms with Gasteiger partial charge < -0.3 is 15.4 Å². The molecule has 0 radical (unpaired) electrons. The van der Waals surface area contributed by atoms with Crippen LogP contribution in [-0.2, 0) is 4.74 Å². The van der Waals surface area contributed by atoms with Crippen molar-refractivity contribution < 1.29 is 4.74 Å². The van der Waals surface area contributed by atoms with Crippen molar-refractivity contribution in [2.24, 2.45) is 0 Å². The summed E-state index contributed by atoms with van der Waals surface area (Å²) < 4.78 is 5.24. The molecule has 0 spiro atoms. The third-order valence-electron chi connectivity index (χ3n) is 1.98. The highest BCUT2D eigenvalue weighted by Gasteiger charge is 1.89. The van der Waals surface area contributed by atoms with Crippen LogP contribution in [0.2, 0.25) is 0 Å². The molecule has 3 heteroatoms. The van der Waals surface area contributed by atoms with Crippen LogP contribution in [0.1, 0.15) is 33.1 Å². The quantitative estimate of drug-likeness (QED) is 0.497. The molecule has 0 aliphatic heterocycles. The van der Waals surface area contributed by atoms with Gasteiger partial charge in [0.15, 0.2) is 0 Å². The van der Waals surface area contributed by atoms with E-state index in [1.807, 2.05) is 6.92 Å². The molecule has 0 saturated heterocycles. The van der Waals surface area contributed by atoms with Crippen LogP contribution < -0.4 is 10.6 Å². The molecule has 0 aromatic heterocycles. The molecule has 2 N–H and O–H groups in total. The van der Waals surface area contributed by atoms with E-state index in [0.29, 0.717) is 0 Å². The van der Waals surface area contributed by atoms with E-state index in [1.165, 1.54) is 12.8 Å². The minimum Gasteiger partial charge on any atom is -0.382 e. The van der Waals surface area contributed by atoms with E-state index in [-0.39, 0.29) is 0 Å². The first kappa shape index (κ1) is 13.9. The fourth-order valence-electron chi connectivity index (χ4n) is 1.21. The summed E-state index contributed by atoms with van der Waals surface area (Å²) in [6, 6.07) is 0. The van der Waals surface area contributed by atoms with E-state index in [2.05, 4.69) is 17.6 Å². The Bertz CT molecular complexity index is 87.3. The number of hydrogen-bond acceptors (Lipinski definition) is 3. The second-order valence-electron chi connectivity index (χ2n) is 3.40. The highest BCUT2D eigenvalue weighted by atomic mass is 16.5. The van der Waals surface area contributed by atoms with Crippen LogP contribution in [0.3, 0.4) is 0 Å². The molecule has 0 aromatic rings. The predicted molar refractivity (Wildman–Crippen MR) is 61.8 cm³/mol. The van der Waals surface area contributed by atoms with E-state index in [4.69, 9.17) is 4.74 Å². The van der Waals surface area contributed by atoms with Crippen molar-refractivity contribution in [2.75, 3.05) is 39.4 Å². The van der Waals surface area contributed by atoms with Gasteiger partial charge in [-0.1, -0.05) is 6.92 Å². The van der Waals surface area contributed by atoms with Crippen molar-refractivity contribution in [3.63, 3.8) is 0 Å². The fraction of sp³-hybridized carbons (Fsp3) is 1.00. The molecular formula is C11H26N2O. The molecular weight excluding hydrogens is 176 g/mol.